The van der Waals surface area contributed by atoms with Crippen LogP contribution in [-0.4, -0.2) is 32.8 Å². The molecule has 0 atom stereocenters. The van der Waals surface area contributed by atoms with E-state index in [2.05, 4.69) is 38.7 Å². The number of ether oxygens (including phenoxy) is 1. The maximum atomic E-state index is 13.3. The Labute approximate surface area is 191 Å². The fourth-order valence-electron chi connectivity index (χ4n) is 3.99. The molecule has 8 nitrogen and oxygen atoms in total. The lowest BCUT2D eigenvalue weighted by molar-refractivity contribution is -0.116. The number of aromatic nitrogens is 4. The van der Waals surface area contributed by atoms with Crippen molar-refractivity contribution in [1.82, 2.24) is 19.7 Å². The number of amides is 1. The molecule has 1 amide bonds. The standard InChI is InChI=1S/C22H21N5O3S2/c1-30-10-18-25-26-22(32-18)24-17(28)9-27-12-23-20-19(21(27)29)16(11-31-20)15-7-6-13-4-2-3-5-14(13)8-15/h6-8,11-12H,2-5,9-10H2,1H3,(H,24,26,28). The van der Waals surface area contributed by atoms with Crippen LogP contribution in [0.4, 0.5) is 5.13 Å². The third-order valence-electron chi connectivity index (χ3n) is 5.52. The van der Waals surface area contributed by atoms with Crippen molar-refractivity contribution in [2.45, 2.75) is 38.8 Å². The summed E-state index contributed by atoms with van der Waals surface area (Å²) in [5.41, 5.74) is 4.44. The van der Waals surface area contributed by atoms with Crippen LogP contribution in [0, 0.1) is 0 Å². The van der Waals surface area contributed by atoms with Crippen molar-refractivity contribution in [3.63, 3.8) is 0 Å². The van der Waals surface area contributed by atoms with E-state index in [0.717, 1.165) is 24.0 Å². The van der Waals surface area contributed by atoms with E-state index in [-0.39, 0.29) is 18.0 Å². The first-order chi connectivity index (χ1) is 15.6. The third-order valence-corrected chi connectivity index (χ3v) is 7.21. The lowest BCUT2D eigenvalue weighted by Crippen LogP contribution is -2.27. The van der Waals surface area contributed by atoms with Crippen LogP contribution in [0.1, 0.15) is 29.0 Å². The number of hydrogen-bond donors (Lipinski definition) is 1. The minimum absolute atomic E-state index is 0.152. The first kappa shape index (κ1) is 20.9. The molecule has 5 rings (SSSR count). The number of methoxy groups -OCH3 is 1. The molecule has 32 heavy (non-hydrogen) atoms. The lowest BCUT2D eigenvalue weighted by atomic mass is 9.89. The molecule has 1 aliphatic rings. The third kappa shape index (κ3) is 4.08. The highest BCUT2D eigenvalue weighted by molar-refractivity contribution is 7.17. The Morgan fingerprint density at radius 2 is 2.06 bits per heavy atom. The molecule has 10 heteroatoms. The first-order valence-corrected chi connectivity index (χ1v) is 12.0. The molecule has 0 fully saturated rings. The van der Waals surface area contributed by atoms with Crippen LogP contribution in [0.2, 0.25) is 0 Å². The summed E-state index contributed by atoms with van der Waals surface area (Å²) in [6.07, 6.45) is 6.05. The van der Waals surface area contributed by atoms with Crippen molar-refractivity contribution in [3.8, 4) is 11.1 Å². The van der Waals surface area contributed by atoms with Crippen molar-refractivity contribution < 1.29 is 9.53 Å². The molecule has 0 radical (unpaired) electrons. The van der Waals surface area contributed by atoms with Gasteiger partial charge in [0.2, 0.25) is 11.0 Å². The average Bonchev–Trinajstić information content (AvgIpc) is 3.43. The van der Waals surface area contributed by atoms with E-state index in [9.17, 15) is 9.59 Å². The number of benzene rings is 1. The molecule has 3 aromatic heterocycles. The number of carbonyl (C=O) groups is 1. The molecule has 164 valence electrons. The van der Waals surface area contributed by atoms with Crippen LogP contribution in [0.25, 0.3) is 21.3 Å². The normalized spacial score (nSPS) is 13.3. The van der Waals surface area contributed by atoms with E-state index in [1.165, 1.54) is 57.5 Å². The van der Waals surface area contributed by atoms with Gasteiger partial charge in [0.1, 0.15) is 23.0 Å². The van der Waals surface area contributed by atoms with Crippen LogP contribution >= 0.6 is 22.7 Å². The zero-order valence-corrected chi connectivity index (χ0v) is 19.1. The van der Waals surface area contributed by atoms with Gasteiger partial charge < -0.3 is 4.74 Å². The van der Waals surface area contributed by atoms with Gasteiger partial charge in [0.15, 0.2) is 0 Å². The summed E-state index contributed by atoms with van der Waals surface area (Å²) in [5.74, 6) is -0.362. The van der Waals surface area contributed by atoms with E-state index < -0.39 is 0 Å². The van der Waals surface area contributed by atoms with Gasteiger partial charge in [0.25, 0.3) is 5.56 Å². The van der Waals surface area contributed by atoms with Gasteiger partial charge in [-0.05, 0) is 42.4 Å². The Morgan fingerprint density at radius 3 is 2.91 bits per heavy atom. The molecule has 4 aromatic rings. The maximum Gasteiger partial charge on any atom is 0.263 e. The molecule has 0 unspecified atom stereocenters. The van der Waals surface area contributed by atoms with Gasteiger partial charge in [-0.3, -0.25) is 19.5 Å². The van der Waals surface area contributed by atoms with Crippen molar-refractivity contribution in [1.29, 1.82) is 0 Å². The topological polar surface area (TPSA) is 99.0 Å². The molecule has 0 bridgehead atoms. The van der Waals surface area contributed by atoms with Crippen molar-refractivity contribution in [2.24, 2.45) is 0 Å². The van der Waals surface area contributed by atoms with Crippen molar-refractivity contribution in [2.75, 3.05) is 12.4 Å². The summed E-state index contributed by atoms with van der Waals surface area (Å²) >= 11 is 2.68. The molecule has 0 saturated heterocycles. The quantitative estimate of drug-likeness (QED) is 0.465. The van der Waals surface area contributed by atoms with Crippen LogP contribution < -0.4 is 10.9 Å². The number of fused-ring (bicyclic) bond motifs is 2. The molecule has 0 saturated carbocycles. The van der Waals surface area contributed by atoms with Crippen molar-refractivity contribution >= 4 is 43.9 Å². The second kappa shape index (κ2) is 8.89. The Hall–Kier alpha value is -2.95. The molecule has 0 spiro atoms. The van der Waals surface area contributed by atoms with Crippen LogP contribution in [-0.2, 0) is 35.5 Å². The van der Waals surface area contributed by atoms with E-state index >= 15 is 0 Å². The highest BCUT2D eigenvalue weighted by Crippen LogP contribution is 2.33. The van der Waals surface area contributed by atoms with Crippen LogP contribution in [0.3, 0.4) is 0 Å². The van der Waals surface area contributed by atoms with Gasteiger partial charge in [-0.15, -0.1) is 21.5 Å². The Morgan fingerprint density at radius 1 is 1.22 bits per heavy atom. The number of anilines is 1. The number of aryl methyl sites for hydroxylation is 2. The van der Waals surface area contributed by atoms with Crippen molar-refractivity contribution in [3.05, 3.63) is 56.4 Å². The molecule has 1 N–H and O–H groups in total. The summed E-state index contributed by atoms with van der Waals surface area (Å²) in [6, 6.07) is 6.46. The van der Waals surface area contributed by atoms with Crippen LogP contribution in [0.15, 0.2) is 34.7 Å². The number of rotatable bonds is 6. The Kier molecular flexibility index (Phi) is 5.81. The smallest absolute Gasteiger partial charge is 0.263 e. The molecule has 1 aromatic carbocycles. The summed E-state index contributed by atoms with van der Waals surface area (Å²) in [6.45, 7) is 0.178. The fraction of sp³-hybridized carbons (Fsp3) is 0.318. The van der Waals surface area contributed by atoms with Gasteiger partial charge in [-0.2, -0.15) is 0 Å². The summed E-state index contributed by atoms with van der Waals surface area (Å²) < 4.78 is 6.35. The number of nitrogens with zero attached hydrogens (tertiary/aromatic N) is 4. The number of thiophene rings is 1. The van der Waals surface area contributed by atoms with Gasteiger partial charge in [-0.1, -0.05) is 29.5 Å². The zero-order valence-electron chi connectivity index (χ0n) is 17.5. The Bertz CT molecular complexity index is 1360. The van der Waals surface area contributed by atoms with Crippen LogP contribution in [0.5, 0.6) is 0 Å². The summed E-state index contributed by atoms with van der Waals surface area (Å²) in [4.78, 5) is 30.9. The minimum Gasteiger partial charge on any atom is -0.377 e. The number of hydrogen-bond acceptors (Lipinski definition) is 8. The highest BCUT2D eigenvalue weighted by Gasteiger charge is 2.17. The number of carbonyl (C=O) groups excluding carboxylic acids is 1. The largest absolute Gasteiger partial charge is 0.377 e. The molecule has 1 aliphatic carbocycles. The van der Waals surface area contributed by atoms with Gasteiger partial charge in [0.05, 0.1) is 11.7 Å². The van der Waals surface area contributed by atoms with Gasteiger partial charge >= 0.3 is 0 Å². The second-order valence-electron chi connectivity index (χ2n) is 7.68. The predicted octanol–water partition coefficient (Wildman–Crippen LogP) is 3.64. The number of nitrogens with one attached hydrogen (secondary N) is 1. The van der Waals surface area contributed by atoms with E-state index in [0.29, 0.717) is 27.0 Å². The minimum atomic E-state index is -0.362. The van der Waals surface area contributed by atoms with E-state index in [1.54, 1.807) is 7.11 Å². The second-order valence-corrected chi connectivity index (χ2v) is 9.60. The summed E-state index contributed by atoms with van der Waals surface area (Å²) in [5, 5.41) is 14.1. The van der Waals surface area contributed by atoms with E-state index in [1.807, 2.05) is 5.38 Å². The van der Waals surface area contributed by atoms with E-state index in [4.69, 9.17) is 4.74 Å². The lowest BCUT2D eigenvalue weighted by Gasteiger charge is -2.16. The zero-order chi connectivity index (χ0) is 22.1. The SMILES string of the molecule is COCc1nnc(NC(=O)Cn2cnc3scc(-c4ccc5c(c4)CCCC5)c3c2=O)s1. The van der Waals surface area contributed by atoms with Gasteiger partial charge in [-0.25, -0.2) is 4.98 Å². The fourth-order valence-corrected chi connectivity index (χ4v) is 5.63. The maximum absolute atomic E-state index is 13.3. The first-order valence-electron chi connectivity index (χ1n) is 10.3. The molecule has 0 aliphatic heterocycles. The highest BCUT2D eigenvalue weighted by atomic mass is 32.1. The average molecular weight is 468 g/mol. The van der Waals surface area contributed by atoms with Gasteiger partial charge in [0, 0.05) is 18.1 Å². The predicted molar refractivity (Wildman–Crippen MR) is 125 cm³/mol. The molecular formula is C22H21N5O3S2. The monoisotopic (exact) mass is 467 g/mol. The molecular weight excluding hydrogens is 446 g/mol. The Balaban J connectivity index is 1.42. The summed E-state index contributed by atoms with van der Waals surface area (Å²) in [7, 11) is 1.57. The molecule has 3 heterocycles.